The number of methoxy groups -OCH3 is 2. The van der Waals surface area contributed by atoms with E-state index >= 15 is 0 Å². The summed E-state index contributed by atoms with van der Waals surface area (Å²) in [6.07, 6.45) is 0. The van der Waals surface area contributed by atoms with Gasteiger partial charge in [-0.25, -0.2) is 27.6 Å². The van der Waals surface area contributed by atoms with Crippen LogP contribution in [0.4, 0.5) is 29.3 Å². The number of carboxylic acid groups (broad SMARTS) is 1. The van der Waals surface area contributed by atoms with Crippen LogP contribution in [0.5, 0.6) is 17.2 Å². The molecule has 14 heteroatoms. The lowest BCUT2D eigenvalue weighted by atomic mass is 10.2. The second kappa shape index (κ2) is 10.9. The SMILES string of the molecule is COC(=O)c1scc(NC(=O)Nc2cc(OCc3c(OC)ccc(F)c3F)c(O)cc2F)c1C(=O)O. The van der Waals surface area contributed by atoms with Crippen molar-refractivity contribution >= 4 is 40.7 Å². The minimum atomic E-state index is -1.52. The maximum Gasteiger partial charge on any atom is 0.349 e. The van der Waals surface area contributed by atoms with Gasteiger partial charge in [0.1, 0.15) is 22.8 Å². The molecule has 3 rings (SSSR count). The van der Waals surface area contributed by atoms with E-state index in [0.717, 1.165) is 19.2 Å². The highest BCUT2D eigenvalue weighted by atomic mass is 32.1. The molecule has 0 bridgehead atoms. The van der Waals surface area contributed by atoms with Crippen LogP contribution in [0.15, 0.2) is 29.6 Å². The van der Waals surface area contributed by atoms with Gasteiger partial charge < -0.3 is 35.1 Å². The third-order valence-corrected chi connectivity index (χ3v) is 5.63. The fourth-order valence-corrected chi connectivity index (χ4v) is 3.89. The second-order valence-corrected chi connectivity index (χ2v) is 7.74. The number of benzene rings is 2. The summed E-state index contributed by atoms with van der Waals surface area (Å²) in [5.74, 6) is -7.09. The highest BCUT2D eigenvalue weighted by Gasteiger charge is 2.25. The third kappa shape index (κ3) is 5.43. The number of amides is 2. The van der Waals surface area contributed by atoms with E-state index in [1.54, 1.807) is 0 Å². The Balaban J connectivity index is 1.80. The molecule has 10 nitrogen and oxygen atoms in total. The Morgan fingerprint density at radius 2 is 1.69 bits per heavy atom. The van der Waals surface area contributed by atoms with Gasteiger partial charge in [-0.15, -0.1) is 11.3 Å². The van der Waals surface area contributed by atoms with E-state index in [1.165, 1.54) is 18.6 Å². The van der Waals surface area contributed by atoms with Gasteiger partial charge in [-0.05, 0) is 12.1 Å². The van der Waals surface area contributed by atoms with E-state index in [4.69, 9.17) is 9.47 Å². The quantitative estimate of drug-likeness (QED) is 0.247. The number of phenolic OH excluding ortho intramolecular Hbond substituents is 1. The number of urea groups is 1. The number of aromatic hydroxyl groups is 1. The molecule has 0 fully saturated rings. The molecule has 4 N–H and O–H groups in total. The molecule has 0 aliphatic rings. The topological polar surface area (TPSA) is 143 Å². The summed E-state index contributed by atoms with van der Waals surface area (Å²) >= 11 is 0.710. The van der Waals surface area contributed by atoms with Crippen LogP contribution < -0.4 is 20.1 Å². The molecule has 3 aromatic rings. The summed E-state index contributed by atoms with van der Waals surface area (Å²) in [6, 6.07) is 2.40. The van der Waals surface area contributed by atoms with E-state index in [-0.39, 0.29) is 21.9 Å². The van der Waals surface area contributed by atoms with Gasteiger partial charge in [0, 0.05) is 17.5 Å². The number of nitrogens with one attached hydrogen (secondary N) is 2. The van der Waals surface area contributed by atoms with Crippen LogP contribution in [-0.4, -0.2) is 42.4 Å². The maximum absolute atomic E-state index is 14.4. The molecule has 0 atom stereocenters. The summed E-state index contributed by atoms with van der Waals surface area (Å²) in [5, 5.41) is 24.8. The van der Waals surface area contributed by atoms with E-state index in [9.17, 15) is 37.8 Å². The van der Waals surface area contributed by atoms with Gasteiger partial charge in [0.15, 0.2) is 29.0 Å². The number of hydrogen-bond acceptors (Lipinski definition) is 8. The predicted molar refractivity (Wildman–Crippen MR) is 121 cm³/mol. The van der Waals surface area contributed by atoms with Crippen LogP contribution in [-0.2, 0) is 11.3 Å². The molecule has 1 heterocycles. The maximum atomic E-state index is 14.4. The first-order valence-electron chi connectivity index (χ1n) is 9.74. The molecular weight excluding hydrogens is 509 g/mol. The number of carbonyl (C=O) groups excluding carboxylic acids is 2. The average molecular weight is 526 g/mol. The number of carboxylic acids is 1. The number of hydrogen-bond donors (Lipinski definition) is 4. The standard InChI is InChI=1S/C22H17F3N2O8S/c1-33-15-4-3-10(23)18(25)9(15)7-35-16-6-12(11(24)5-14(16)28)26-22(32)27-13-8-36-19(21(31)34-2)17(13)20(29)30/h3-6,8,28H,7H2,1-2H3,(H,29,30)(H2,26,27,32). The van der Waals surface area contributed by atoms with Gasteiger partial charge in [0.05, 0.1) is 31.2 Å². The Hall–Kier alpha value is -4.46. The van der Waals surface area contributed by atoms with Crippen molar-refractivity contribution in [2.24, 2.45) is 0 Å². The lowest BCUT2D eigenvalue weighted by Crippen LogP contribution is -2.21. The molecule has 0 radical (unpaired) electrons. The first kappa shape index (κ1) is 26.2. The molecule has 190 valence electrons. The zero-order valence-corrected chi connectivity index (χ0v) is 19.3. The largest absolute Gasteiger partial charge is 0.504 e. The fraction of sp³-hybridized carbons (Fsp3) is 0.136. The van der Waals surface area contributed by atoms with Crippen molar-refractivity contribution in [3.63, 3.8) is 0 Å². The van der Waals surface area contributed by atoms with Crippen molar-refractivity contribution < 1.29 is 52.0 Å². The average Bonchev–Trinajstić information content (AvgIpc) is 3.25. The van der Waals surface area contributed by atoms with Crippen LogP contribution in [0.1, 0.15) is 25.6 Å². The van der Waals surface area contributed by atoms with E-state index < -0.39 is 64.8 Å². The molecular formula is C22H17F3N2O8S. The number of anilines is 2. The first-order valence-corrected chi connectivity index (χ1v) is 10.6. The second-order valence-electron chi connectivity index (χ2n) is 6.86. The number of aromatic carboxylic acids is 1. The summed E-state index contributed by atoms with van der Waals surface area (Å²) in [6.45, 7) is -0.620. The molecule has 0 aliphatic carbocycles. The normalized spacial score (nSPS) is 10.5. The molecule has 0 saturated heterocycles. The predicted octanol–water partition coefficient (Wildman–Crippen LogP) is 4.59. The number of esters is 1. The van der Waals surface area contributed by atoms with Crippen molar-refractivity contribution in [2.75, 3.05) is 24.9 Å². The van der Waals surface area contributed by atoms with Gasteiger partial charge in [-0.2, -0.15) is 0 Å². The van der Waals surface area contributed by atoms with E-state index in [1.807, 2.05) is 0 Å². The van der Waals surface area contributed by atoms with Crippen LogP contribution >= 0.6 is 11.3 Å². The Labute approximate surface area is 204 Å². The molecule has 0 aliphatic heterocycles. The Kier molecular flexibility index (Phi) is 7.89. The number of ether oxygens (including phenoxy) is 3. The van der Waals surface area contributed by atoms with Crippen molar-refractivity contribution in [1.82, 2.24) is 0 Å². The highest BCUT2D eigenvalue weighted by molar-refractivity contribution is 7.13. The minimum absolute atomic E-state index is 0.0375. The van der Waals surface area contributed by atoms with Gasteiger partial charge >= 0.3 is 18.0 Å². The Morgan fingerprint density at radius 1 is 1.00 bits per heavy atom. The van der Waals surface area contributed by atoms with Gasteiger partial charge in [-0.1, -0.05) is 0 Å². The lowest BCUT2D eigenvalue weighted by molar-refractivity contribution is 0.0589. The number of halogens is 3. The third-order valence-electron chi connectivity index (χ3n) is 4.67. The van der Waals surface area contributed by atoms with Gasteiger partial charge in [0.25, 0.3) is 0 Å². The van der Waals surface area contributed by atoms with Crippen LogP contribution in [0, 0.1) is 17.5 Å². The smallest absolute Gasteiger partial charge is 0.349 e. The zero-order valence-electron chi connectivity index (χ0n) is 18.5. The van der Waals surface area contributed by atoms with Crippen LogP contribution in [0.3, 0.4) is 0 Å². The summed E-state index contributed by atoms with van der Waals surface area (Å²) in [7, 11) is 2.28. The van der Waals surface area contributed by atoms with Crippen molar-refractivity contribution in [1.29, 1.82) is 0 Å². The molecule has 36 heavy (non-hydrogen) atoms. The number of phenols is 1. The molecule has 0 spiro atoms. The minimum Gasteiger partial charge on any atom is -0.504 e. The van der Waals surface area contributed by atoms with Gasteiger partial charge in [-0.3, -0.25) is 0 Å². The van der Waals surface area contributed by atoms with E-state index in [0.29, 0.717) is 17.4 Å². The number of carbonyl (C=O) groups is 3. The zero-order chi connectivity index (χ0) is 26.6. The molecule has 2 aromatic carbocycles. The van der Waals surface area contributed by atoms with Crippen molar-refractivity contribution in [3.8, 4) is 17.2 Å². The molecule has 0 saturated carbocycles. The first-order chi connectivity index (χ1) is 17.1. The van der Waals surface area contributed by atoms with E-state index in [2.05, 4.69) is 15.4 Å². The molecule has 1 aromatic heterocycles. The highest BCUT2D eigenvalue weighted by Crippen LogP contribution is 2.34. The van der Waals surface area contributed by atoms with Crippen molar-refractivity contribution in [3.05, 3.63) is 63.1 Å². The monoisotopic (exact) mass is 526 g/mol. The van der Waals surface area contributed by atoms with Crippen LogP contribution in [0.2, 0.25) is 0 Å². The number of thiophene rings is 1. The molecule has 2 amide bonds. The van der Waals surface area contributed by atoms with Gasteiger partial charge in [0.2, 0.25) is 0 Å². The molecule has 0 unspecified atom stereocenters. The summed E-state index contributed by atoms with van der Waals surface area (Å²) in [5.41, 5.74) is -1.60. The summed E-state index contributed by atoms with van der Waals surface area (Å²) < 4.78 is 56.8. The lowest BCUT2D eigenvalue weighted by Gasteiger charge is -2.14. The van der Waals surface area contributed by atoms with Crippen LogP contribution in [0.25, 0.3) is 0 Å². The Bertz CT molecular complexity index is 1350. The summed E-state index contributed by atoms with van der Waals surface area (Å²) in [4.78, 5) is 35.4. The number of rotatable bonds is 8. The Morgan fingerprint density at radius 3 is 2.33 bits per heavy atom. The fourth-order valence-electron chi connectivity index (χ4n) is 2.99. The van der Waals surface area contributed by atoms with Crippen molar-refractivity contribution in [2.45, 2.75) is 6.61 Å².